The first-order valence-corrected chi connectivity index (χ1v) is 15.0. The average Bonchev–Trinajstić information content (AvgIpc) is 3.68. The zero-order chi connectivity index (χ0) is 30.4. The Kier molecular flexibility index (Phi) is 5.06. The van der Waals surface area contributed by atoms with Gasteiger partial charge in [0.15, 0.2) is 5.69 Å². The topological polar surface area (TPSA) is 46.2 Å². The van der Waals surface area contributed by atoms with Crippen LogP contribution in [-0.4, -0.2) is 4.57 Å². The van der Waals surface area contributed by atoms with Gasteiger partial charge in [-0.25, -0.2) is 4.85 Å². The number of hydrogen-bond donors (Lipinski definition) is 0. The molecule has 0 saturated carbocycles. The van der Waals surface area contributed by atoms with Crippen LogP contribution in [0, 0.1) is 17.9 Å². The van der Waals surface area contributed by atoms with E-state index >= 15 is 0 Å². The summed E-state index contributed by atoms with van der Waals surface area (Å²) in [5.41, 5.74) is 12.6. The molecule has 0 unspecified atom stereocenters. The number of para-hydroxylation sites is 2. The highest BCUT2D eigenvalue weighted by Crippen LogP contribution is 2.51. The number of hydrogen-bond acceptors (Lipinski definition) is 2. The van der Waals surface area contributed by atoms with Crippen LogP contribution in [0.3, 0.4) is 0 Å². The molecule has 4 heteroatoms. The molecule has 0 amide bonds. The van der Waals surface area contributed by atoms with Gasteiger partial charge in [0, 0.05) is 27.1 Å². The number of furan rings is 1. The molecule has 0 spiro atoms. The summed E-state index contributed by atoms with van der Waals surface area (Å²) in [6.45, 7) is 12.1. The van der Waals surface area contributed by atoms with E-state index in [0.29, 0.717) is 11.3 Å². The van der Waals surface area contributed by atoms with Crippen LogP contribution in [0.4, 0.5) is 5.69 Å². The van der Waals surface area contributed by atoms with Crippen molar-refractivity contribution < 1.29 is 4.42 Å². The molecule has 6 aromatic carbocycles. The lowest BCUT2D eigenvalue weighted by molar-refractivity contribution is 0.647. The minimum atomic E-state index is -0.102. The molecule has 9 rings (SSSR count). The van der Waals surface area contributed by atoms with Crippen LogP contribution >= 0.6 is 0 Å². The lowest BCUT2D eigenvalue weighted by Crippen LogP contribution is -2.14. The smallest absolute Gasteiger partial charge is 0.188 e. The maximum Gasteiger partial charge on any atom is 0.188 e. The van der Waals surface area contributed by atoms with Crippen LogP contribution in [0.1, 0.15) is 30.5 Å². The van der Waals surface area contributed by atoms with Crippen molar-refractivity contribution in [3.63, 3.8) is 0 Å². The number of rotatable bonds is 2. The second-order valence-corrected chi connectivity index (χ2v) is 12.4. The fraction of sp³-hybridized carbons (Fsp3) is 0.0732. The summed E-state index contributed by atoms with van der Waals surface area (Å²) >= 11 is 0. The highest BCUT2D eigenvalue weighted by atomic mass is 16.3. The van der Waals surface area contributed by atoms with Crippen molar-refractivity contribution in [3.8, 4) is 34.0 Å². The minimum absolute atomic E-state index is 0.102. The number of fused-ring (bicyclic) bond motifs is 9. The molecular formula is C41H25N3O. The summed E-state index contributed by atoms with van der Waals surface area (Å²) < 4.78 is 8.75. The molecule has 210 valence electrons. The Labute approximate surface area is 259 Å². The second-order valence-electron chi connectivity index (χ2n) is 12.4. The zero-order valence-electron chi connectivity index (χ0n) is 24.7. The molecule has 45 heavy (non-hydrogen) atoms. The average molecular weight is 576 g/mol. The van der Waals surface area contributed by atoms with Gasteiger partial charge in [-0.15, -0.1) is 0 Å². The fourth-order valence-corrected chi connectivity index (χ4v) is 7.52. The van der Waals surface area contributed by atoms with Gasteiger partial charge in [0.1, 0.15) is 17.2 Å². The van der Waals surface area contributed by atoms with E-state index in [1.807, 2.05) is 42.5 Å². The number of aromatic nitrogens is 1. The van der Waals surface area contributed by atoms with Crippen LogP contribution in [0.25, 0.3) is 76.5 Å². The molecule has 1 aliphatic rings. The molecule has 0 saturated heterocycles. The van der Waals surface area contributed by atoms with Gasteiger partial charge in [-0.3, -0.25) is 0 Å². The molecule has 4 nitrogen and oxygen atoms in total. The quantitative estimate of drug-likeness (QED) is 0.193. The molecule has 1 aliphatic carbocycles. The van der Waals surface area contributed by atoms with Crippen LogP contribution in [-0.2, 0) is 5.41 Å². The molecular weight excluding hydrogens is 550 g/mol. The van der Waals surface area contributed by atoms with E-state index in [1.165, 1.54) is 22.3 Å². The lowest BCUT2D eigenvalue weighted by atomic mass is 9.82. The molecule has 0 atom stereocenters. The summed E-state index contributed by atoms with van der Waals surface area (Å²) in [6.07, 6.45) is 0. The highest BCUT2D eigenvalue weighted by molar-refractivity contribution is 6.12. The fourth-order valence-electron chi connectivity index (χ4n) is 7.52. The van der Waals surface area contributed by atoms with Gasteiger partial charge in [-0.05, 0) is 81.7 Å². The van der Waals surface area contributed by atoms with Crippen molar-refractivity contribution in [2.75, 3.05) is 0 Å². The van der Waals surface area contributed by atoms with Crippen LogP contribution in [0.15, 0.2) is 120 Å². The number of nitriles is 1. The molecule has 0 radical (unpaired) electrons. The molecule has 0 fully saturated rings. The first kappa shape index (κ1) is 25.4. The zero-order valence-corrected chi connectivity index (χ0v) is 24.7. The summed E-state index contributed by atoms with van der Waals surface area (Å²) in [4.78, 5) is 3.67. The third kappa shape index (κ3) is 3.40. The summed E-state index contributed by atoms with van der Waals surface area (Å²) in [6, 6.07) is 41.9. The summed E-state index contributed by atoms with van der Waals surface area (Å²) in [5.74, 6) is 0. The van der Waals surface area contributed by atoms with Gasteiger partial charge in [0.25, 0.3) is 0 Å². The molecule has 8 aromatic rings. The van der Waals surface area contributed by atoms with Crippen molar-refractivity contribution in [2.45, 2.75) is 19.3 Å². The Morgan fingerprint density at radius 1 is 0.667 bits per heavy atom. The summed E-state index contributed by atoms with van der Waals surface area (Å²) in [5, 5.41) is 14.6. The lowest BCUT2D eigenvalue weighted by Gasteiger charge is -2.21. The van der Waals surface area contributed by atoms with Gasteiger partial charge in [-0.1, -0.05) is 80.6 Å². The van der Waals surface area contributed by atoms with E-state index in [1.54, 1.807) is 0 Å². The van der Waals surface area contributed by atoms with E-state index in [2.05, 4.69) is 102 Å². The van der Waals surface area contributed by atoms with Crippen molar-refractivity contribution >= 4 is 49.4 Å². The number of benzene rings is 6. The standard InChI is InChI=1S/C41H25N3O/c1-41(2)34-13-6-4-10-28(34)31-21-33-30-17-15-24(19-38(30)45-39(33)22-35(31)41)27-12-8-9-25(23-42)40(27)44-36-14-7-5-11-29(36)32-20-26(43-3)16-18-37(32)44/h4-22H,1-2H3. The van der Waals surface area contributed by atoms with Crippen LogP contribution < -0.4 is 0 Å². The van der Waals surface area contributed by atoms with Crippen LogP contribution in [0.2, 0.25) is 0 Å². The molecule has 2 heterocycles. The van der Waals surface area contributed by atoms with E-state index in [-0.39, 0.29) is 5.41 Å². The van der Waals surface area contributed by atoms with Crippen molar-refractivity contribution in [1.82, 2.24) is 4.57 Å². The first-order valence-electron chi connectivity index (χ1n) is 15.0. The Bertz CT molecular complexity index is 2650. The number of nitrogens with zero attached hydrogens (tertiary/aromatic N) is 3. The predicted molar refractivity (Wildman–Crippen MR) is 182 cm³/mol. The van der Waals surface area contributed by atoms with Gasteiger partial charge in [0.05, 0.1) is 28.9 Å². The third-order valence-electron chi connectivity index (χ3n) is 9.65. The largest absolute Gasteiger partial charge is 0.456 e. The van der Waals surface area contributed by atoms with Gasteiger partial charge >= 0.3 is 0 Å². The first-order chi connectivity index (χ1) is 22.0. The van der Waals surface area contributed by atoms with Crippen molar-refractivity contribution in [2.24, 2.45) is 0 Å². The van der Waals surface area contributed by atoms with Crippen molar-refractivity contribution in [1.29, 1.82) is 5.26 Å². The van der Waals surface area contributed by atoms with E-state index in [4.69, 9.17) is 11.0 Å². The van der Waals surface area contributed by atoms with E-state index in [9.17, 15) is 5.26 Å². The summed E-state index contributed by atoms with van der Waals surface area (Å²) in [7, 11) is 0. The minimum Gasteiger partial charge on any atom is -0.456 e. The Balaban J connectivity index is 1.29. The maximum absolute atomic E-state index is 10.4. The molecule has 0 aliphatic heterocycles. The molecule has 0 N–H and O–H groups in total. The monoisotopic (exact) mass is 575 g/mol. The second kappa shape index (κ2) is 8.96. The van der Waals surface area contributed by atoms with E-state index in [0.717, 1.165) is 60.6 Å². The highest BCUT2D eigenvalue weighted by Gasteiger charge is 2.36. The Morgan fingerprint density at radius 3 is 2.31 bits per heavy atom. The normalized spacial score (nSPS) is 13.2. The Hall–Kier alpha value is -6.10. The maximum atomic E-state index is 10.4. The Morgan fingerprint density at radius 2 is 1.44 bits per heavy atom. The van der Waals surface area contributed by atoms with Crippen LogP contribution in [0.5, 0.6) is 0 Å². The van der Waals surface area contributed by atoms with Gasteiger partial charge < -0.3 is 8.98 Å². The molecule has 2 aromatic heterocycles. The predicted octanol–water partition coefficient (Wildman–Crippen LogP) is 11.1. The van der Waals surface area contributed by atoms with Crippen molar-refractivity contribution in [3.05, 3.63) is 143 Å². The third-order valence-corrected chi connectivity index (χ3v) is 9.65. The van der Waals surface area contributed by atoms with Gasteiger partial charge in [-0.2, -0.15) is 5.26 Å². The SMILES string of the molecule is [C-]#[N+]c1ccc2c(c1)c1ccccc1n2-c1c(C#N)cccc1-c1ccc2c(c1)oc1cc3c(cc12)-c1ccccc1C3(C)C. The van der Waals surface area contributed by atoms with Gasteiger partial charge in [0.2, 0.25) is 0 Å². The molecule has 0 bridgehead atoms. The van der Waals surface area contributed by atoms with E-state index < -0.39 is 0 Å².